The molecule has 0 bridgehead atoms. The lowest BCUT2D eigenvalue weighted by Gasteiger charge is -2.07. The van der Waals surface area contributed by atoms with Crippen LogP contribution in [0.3, 0.4) is 0 Å². The van der Waals surface area contributed by atoms with Crippen molar-refractivity contribution in [2.75, 3.05) is 5.73 Å². The van der Waals surface area contributed by atoms with E-state index in [1.165, 1.54) is 23.9 Å². The molecule has 0 aliphatic rings. The van der Waals surface area contributed by atoms with Crippen molar-refractivity contribution in [3.63, 3.8) is 0 Å². The highest BCUT2D eigenvalue weighted by Crippen LogP contribution is 2.36. The first-order valence-corrected chi connectivity index (χ1v) is 6.59. The highest BCUT2D eigenvalue weighted by atomic mass is 79.9. The molecule has 0 saturated carbocycles. The van der Waals surface area contributed by atoms with Gasteiger partial charge in [-0.3, -0.25) is 0 Å². The van der Waals surface area contributed by atoms with Crippen LogP contribution < -0.4 is 5.73 Å². The fourth-order valence-electron chi connectivity index (χ4n) is 1.18. The molecule has 88 valence electrons. The van der Waals surface area contributed by atoms with Gasteiger partial charge in [0, 0.05) is 16.8 Å². The number of halogens is 3. The predicted molar refractivity (Wildman–Crippen MR) is 71.9 cm³/mol. The summed E-state index contributed by atoms with van der Waals surface area (Å²) in [6.07, 6.45) is 1.62. The van der Waals surface area contributed by atoms with Crippen LogP contribution in [0.1, 0.15) is 0 Å². The van der Waals surface area contributed by atoms with Crippen molar-refractivity contribution in [3.05, 3.63) is 45.8 Å². The van der Waals surface area contributed by atoms with Crippen LogP contribution in [-0.2, 0) is 0 Å². The Balaban J connectivity index is 2.37. The average molecular weight is 334 g/mol. The van der Waals surface area contributed by atoms with Gasteiger partial charge < -0.3 is 5.73 Å². The van der Waals surface area contributed by atoms with Gasteiger partial charge in [-0.2, -0.15) is 0 Å². The van der Waals surface area contributed by atoms with E-state index in [9.17, 15) is 4.39 Å². The molecule has 0 atom stereocenters. The molecular formula is C11H7BrClFN2S. The van der Waals surface area contributed by atoms with Gasteiger partial charge in [-0.25, -0.2) is 9.37 Å². The number of rotatable bonds is 2. The van der Waals surface area contributed by atoms with E-state index >= 15 is 0 Å². The normalized spacial score (nSPS) is 10.5. The Morgan fingerprint density at radius 2 is 2.18 bits per heavy atom. The average Bonchev–Trinajstić information content (AvgIpc) is 2.29. The lowest BCUT2D eigenvalue weighted by Crippen LogP contribution is -1.91. The van der Waals surface area contributed by atoms with Crippen LogP contribution in [0.15, 0.2) is 44.9 Å². The molecule has 0 aliphatic carbocycles. The van der Waals surface area contributed by atoms with Crippen LogP contribution in [0.4, 0.5) is 10.1 Å². The molecule has 2 rings (SSSR count). The van der Waals surface area contributed by atoms with Crippen LogP contribution in [0.25, 0.3) is 0 Å². The monoisotopic (exact) mass is 332 g/mol. The molecule has 2 nitrogen and oxygen atoms in total. The molecule has 6 heteroatoms. The van der Waals surface area contributed by atoms with E-state index in [1.807, 2.05) is 0 Å². The number of nitrogens with zero attached hydrogens (tertiary/aromatic N) is 1. The van der Waals surface area contributed by atoms with Gasteiger partial charge in [0.15, 0.2) is 0 Å². The number of hydrogen-bond donors (Lipinski definition) is 1. The minimum Gasteiger partial charge on any atom is -0.398 e. The Kier molecular flexibility index (Phi) is 3.91. The Morgan fingerprint density at radius 3 is 2.88 bits per heavy atom. The summed E-state index contributed by atoms with van der Waals surface area (Å²) in [5.74, 6) is -0.367. The number of anilines is 1. The Morgan fingerprint density at radius 1 is 1.41 bits per heavy atom. The third-order valence-electron chi connectivity index (χ3n) is 1.98. The maximum Gasteiger partial charge on any atom is 0.138 e. The van der Waals surface area contributed by atoms with Gasteiger partial charge >= 0.3 is 0 Å². The van der Waals surface area contributed by atoms with Crippen molar-refractivity contribution in [1.29, 1.82) is 0 Å². The van der Waals surface area contributed by atoms with Crippen molar-refractivity contribution in [2.24, 2.45) is 0 Å². The van der Waals surface area contributed by atoms with E-state index in [2.05, 4.69) is 20.9 Å². The summed E-state index contributed by atoms with van der Waals surface area (Å²) in [5, 5.41) is 1.11. The van der Waals surface area contributed by atoms with Gasteiger partial charge in [-0.1, -0.05) is 23.4 Å². The quantitative estimate of drug-likeness (QED) is 0.829. The third kappa shape index (κ3) is 2.91. The molecular weight excluding hydrogens is 327 g/mol. The maximum atomic E-state index is 13.4. The molecule has 0 radical (unpaired) electrons. The van der Waals surface area contributed by atoms with Crippen molar-refractivity contribution < 1.29 is 4.39 Å². The van der Waals surface area contributed by atoms with Gasteiger partial charge in [0.25, 0.3) is 0 Å². The molecule has 1 aromatic carbocycles. The Labute approximate surface area is 116 Å². The molecule has 0 unspecified atom stereocenters. The second-order valence-corrected chi connectivity index (χ2v) is 5.49. The number of hydrogen-bond acceptors (Lipinski definition) is 3. The van der Waals surface area contributed by atoms with Crippen molar-refractivity contribution >= 4 is 45.0 Å². The van der Waals surface area contributed by atoms with Gasteiger partial charge in [0.1, 0.15) is 10.8 Å². The highest BCUT2D eigenvalue weighted by molar-refractivity contribution is 9.10. The number of aromatic nitrogens is 1. The summed E-state index contributed by atoms with van der Waals surface area (Å²) in [5.41, 5.74) is 6.28. The fourth-order valence-corrected chi connectivity index (χ4v) is 2.61. The first-order chi connectivity index (χ1) is 8.08. The summed E-state index contributed by atoms with van der Waals surface area (Å²) in [4.78, 5) is 4.70. The molecule has 0 spiro atoms. The van der Waals surface area contributed by atoms with Crippen LogP contribution in [0, 0.1) is 5.82 Å². The van der Waals surface area contributed by atoms with E-state index < -0.39 is 0 Å². The zero-order valence-electron chi connectivity index (χ0n) is 8.45. The standard InChI is InChI=1S/C11H7BrClFN2S/c12-6-4-9(15)10(5-8(6)14)17-11-7(13)2-1-3-16-11/h1-5H,15H2. The third-order valence-corrected chi connectivity index (χ3v) is 4.10. The smallest absolute Gasteiger partial charge is 0.138 e. The van der Waals surface area contributed by atoms with E-state index in [1.54, 1.807) is 18.3 Å². The summed E-state index contributed by atoms with van der Waals surface area (Å²) in [6.45, 7) is 0. The van der Waals surface area contributed by atoms with Crippen molar-refractivity contribution in [2.45, 2.75) is 9.92 Å². The summed E-state index contributed by atoms with van der Waals surface area (Å²) >= 11 is 10.3. The molecule has 2 N–H and O–H groups in total. The Bertz CT molecular complexity index is 565. The second-order valence-electron chi connectivity index (χ2n) is 3.20. The molecule has 17 heavy (non-hydrogen) atoms. The minimum absolute atomic E-state index is 0.339. The first-order valence-electron chi connectivity index (χ1n) is 4.61. The van der Waals surface area contributed by atoms with Crippen LogP contribution in [-0.4, -0.2) is 4.98 Å². The molecule has 2 aromatic rings. The van der Waals surface area contributed by atoms with Crippen LogP contribution in [0.5, 0.6) is 0 Å². The van der Waals surface area contributed by atoms with E-state index in [-0.39, 0.29) is 5.82 Å². The van der Waals surface area contributed by atoms with Crippen LogP contribution in [0.2, 0.25) is 5.02 Å². The van der Waals surface area contributed by atoms with Gasteiger partial charge in [-0.15, -0.1) is 0 Å². The van der Waals surface area contributed by atoms with Crippen LogP contribution >= 0.6 is 39.3 Å². The zero-order valence-corrected chi connectivity index (χ0v) is 11.6. The molecule has 0 aliphatic heterocycles. The summed E-state index contributed by atoms with van der Waals surface area (Å²) in [7, 11) is 0. The lowest BCUT2D eigenvalue weighted by atomic mass is 10.3. The largest absolute Gasteiger partial charge is 0.398 e. The van der Waals surface area contributed by atoms with E-state index in [0.29, 0.717) is 25.1 Å². The maximum absolute atomic E-state index is 13.4. The Hall–Kier alpha value is -0.780. The molecule has 1 heterocycles. The van der Waals surface area contributed by atoms with Crippen molar-refractivity contribution in [3.8, 4) is 0 Å². The van der Waals surface area contributed by atoms with Gasteiger partial charge in [0.05, 0.1) is 9.50 Å². The number of pyridine rings is 1. The highest BCUT2D eigenvalue weighted by Gasteiger charge is 2.10. The summed E-state index contributed by atoms with van der Waals surface area (Å²) < 4.78 is 13.7. The SMILES string of the molecule is Nc1cc(Br)c(F)cc1Sc1ncccc1Cl. The van der Waals surface area contributed by atoms with Gasteiger partial charge in [-0.05, 0) is 40.2 Å². The fraction of sp³-hybridized carbons (Fsp3) is 0. The topological polar surface area (TPSA) is 38.9 Å². The number of nitrogens with two attached hydrogens (primary N) is 1. The van der Waals surface area contributed by atoms with Crippen molar-refractivity contribution in [1.82, 2.24) is 4.98 Å². The van der Waals surface area contributed by atoms with E-state index in [4.69, 9.17) is 17.3 Å². The van der Waals surface area contributed by atoms with Gasteiger partial charge in [0.2, 0.25) is 0 Å². The lowest BCUT2D eigenvalue weighted by molar-refractivity contribution is 0.618. The minimum atomic E-state index is -0.367. The molecule has 0 saturated heterocycles. The predicted octanol–water partition coefficient (Wildman–Crippen LogP) is 4.37. The number of nitrogen functional groups attached to an aromatic ring is 1. The summed E-state index contributed by atoms with van der Waals surface area (Å²) in [6, 6.07) is 6.34. The molecule has 0 amide bonds. The molecule has 1 aromatic heterocycles. The van der Waals surface area contributed by atoms with E-state index in [0.717, 1.165) is 0 Å². The second kappa shape index (κ2) is 5.25. The number of benzene rings is 1. The molecule has 0 fully saturated rings. The zero-order chi connectivity index (χ0) is 12.4. The first kappa shape index (κ1) is 12.7.